The first-order chi connectivity index (χ1) is 15.7. The molecule has 3 aromatic rings. The van der Waals surface area contributed by atoms with Crippen LogP contribution in [0.1, 0.15) is 17.5 Å². The predicted molar refractivity (Wildman–Crippen MR) is 124 cm³/mol. The molecule has 0 spiro atoms. The molecule has 4 rings (SSSR count). The minimum atomic E-state index is -3.87. The molecule has 2 heterocycles. The lowest BCUT2D eigenvalue weighted by Gasteiger charge is -2.20. The summed E-state index contributed by atoms with van der Waals surface area (Å²) in [4.78, 5) is 34.7. The Morgan fingerprint density at radius 2 is 1.73 bits per heavy atom. The highest BCUT2D eigenvalue weighted by Crippen LogP contribution is 2.30. The predicted octanol–water partition coefficient (Wildman–Crippen LogP) is 2.89. The van der Waals surface area contributed by atoms with Crippen LogP contribution in [0.3, 0.4) is 0 Å². The number of nitrogens with zero attached hydrogens (tertiary/aromatic N) is 3. The summed E-state index contributed by atoms with van der Waals surface area (Å²) in [6.07, 6.45) is 2.98. The third kappa shape index (κ3) is 4.85. The van der Waals surface area contributed by atoms with Crippen LogP contribution in [0.2, 0.25) is 0 Å². The molecule has 1 aliphatic heterocycles. The summed E-state index contributed by atoms with van der Waals surface area (Å²) >= 11 is 0. The van der Waals surface area contributed by atoms with E-state index in [-0.39, 0.29) is 29.1 Å². The quantitative estimate of drug-likeness (QED) is 0.577. The maximum atomic E-state index is 12.8. The van der Waals surface area contributed by atoms with Crippen LogP contribution < -0.4 is 14.9 Å². The van der Waals surface area contributed by atoms with E-state index in [0.717, 1.165) is 16.8 Å². The van der Waals surface area contributed by atoms with Gasteiger partial charge < -0.3 is 10.2 Å². The number of sulfonamides is 1. The lowest BCUT2D eigenvalue weighted by Crippen LogP contribution is -2.28. The molecule has 9 nitrogen and oxygen atoms in total. The van der Waals surface area contributed by atoms with E-state index in [9.17, 15) is 18.0 Å². The van der Waals surface area contributed by atoms with E-state index in [2.05, 4.69) is 20.0 Å². The summed E-state index contributed by atoms with van der Waals surface area (Å²) in [7, 11) is -3.87. The first kappa shape index (κ1) is 22.4. The number of anilines is 3. The number of nitrogens with one attached hydrogen (secondary N) is 2. The first-order valence-electron chi connectivity index (χ1n) is 10.3. The Morgan fingerprint density at radius 3 is 2.42 bits per heavy atom. The lowest BCUT2D eigenvalue weighted by atomic mass is 10.1. The van der Waals surface area contributed by atoms with Crippen molar-refractivity contribution in [3.05, 3.63) is 72.1 Å². The van der Waals surface area contributed by atoms with E-state index >= 15 is 0 Å². The molecule has 1 saturated heterocycles. The van der Waals surface area contributed by atoms with Gasteiger partial charge >= 0.3 is 0 Å². The van der Waals surface area contributed by atoms with Crippen molar-refractivity contribution in [3.8, 4) is 0 Å². The molecule has 10 heteroatoms. The molecule has 2 aromatic carbocycles. The average Bonchev–Trinajstić information content (AvgIpc) is 3.18. The highest BCUT2D eigenvalue weighted by molar-refractivity contribution is 7.92. The highest BCUT2D eigenvalue weighted by Gasteiger charge is 2.35. The monoisotopic (exact) mass is 465 g/mol. The number of carbonyl (C=O) groups is 2. The Morgan fingerprint density at radius 1 is 1.03 bits per heavy atom. The number of aryl methyl sites for hydroxylation is 1. The van der Waals surface area contributed by atoms with Crippen molar-refractivity contribution in [2.45, 2.75) is 25.2 Å². The van der Waals surface area contributed by atoms with Gasteiger partial charge in [0.1, 0.15) is 0 Å². The lowest BCUT2D eigenvalue weighted by molar-refractivity contribution is -0.122. The molecular weight excluding hydrogens is 442 g/mol. The van der Waals surface area contributed by atoms with Gasteiger partial charge in [0.25, 0.3) is 10.0 Å². The van der Waals surface area contributed by atoms with Crippen molar-refractivity contribution in [1.82, 2.24) is 9.97 Å². The van der Waals surface area contributed by atoms with Crippen LogP contribution in [-0.4, -0.2) is 36.7 Å². The third-order valence-corrected chi connectivity index (χ3v) is 6.93. The van der Waals surface area contributed by atoms with Crippen molar-refractivity contribution >= 4 is 39.2 Å². The zero-order valence-electron chi connectivity index (χ0n) is 18.1. The number of carbonyl (C=O) groups excluding carboxylic acids is 2. The first-order valence-corrected chi connectivity index (χ1v) is 11.8. The van der Waals surface area contributed by atoms with Gasteiger partial charge in [-0.1, -0.05) is 12.1 Å². The van der Waals surface area contributed by atoms with E-state index in [1.165, 1.54) is 36.7 Å². The number of hydrogen-bond acceptors (Lipinski definition) is 6. The van der Waals surface area contributed by atoms with Crippen molar-refractivity contribution < 1.29 is 18.0 Å². The molecule has 0 unspecified atom stereocenters. The summed E-state index contributed by atoms with van der Waals surface area (Å²) in [6.45, 7) is 4.23. The van der Waals surface area contributed by atoms with Crippen molar-refractivity contribution in [2.24, 2.45) is 5.92 Å². The van der Waals surface area contributed by atoms with E-state index in [1.54, 1.807) is 11.0 Å². The molecule has 1 fully saturated rings. The molecule has 2 N–H and O–H groups in total. The number of amides is 2. The van der Waals surface area contributed by atoms with Crippen LogP contribution in [0.5, 0.6) is 0 Å². The average molecular weight is 466 g/mol. The summed E-state index contributed by atoms with van der Waals surface area (Å²) in [5.74, 6) is -0.922. The minimum Gasteiger partial charge on any atom is -0.326 e. The second-order valence-electron chi connectivity index (χ2n) is 7.82. The van der Waals surface area contributed by atoms with Crippen molar-refractivity contribution in [3.63, 3.8) is 0 Å². The van der Waals surface area contributed by atoms with Crippen LogP contribution >= 0.6 is 0 Å². The van der Waals surface area contributed by atoms with Crippen molar-refractivity contribution in [1.29, 1.82) is 0 Å². The fourth-order valence-electron chi connectivity index (χ4n) is 3.64. The van der Waals surface area contributed by atoms with Crippen LogP contribution in [-0.2, 0) is 19.6 Å². The molecule has 33 heavy (non-hydrogen) atoms. The van der Waals surface area contributed by atoms with Crippen LogP contribution in [0.4, 0.5) is 17.3 Å². The molecule has 0 aliphatic carbocycles. The molecule has 1 aliphatic rings. The molecule has 0 radical (unpaired) electrons. The van der Waals surface area contributed by atoms with E-state index in [0.29, 0.717) is 12.2 Å². The number of rotatable bonds is 6. The van der Waals surface area contributed by atoms with Crippen molar-refractivity contribution in [2.75, 3.05) is 21.5 Å². The van der Waals surface area contributed by atoms with Crippen LogP contribution in [0.15, 0.2) is 65.8 Å². The Hall–Kier alpha value is -3.79. The fraction of sp³-hybridized carbons (Fsp3) is 0.217. The Balaban J connectivity index is 1.42. The minimum absolute atomic E-state index is 0.00472. The Labute approximate surface area is 191 Å². The van der Waals surface area contributed by atoms with Gasteiger partial charge in [-0.25, -0.2) is 23.1 Å². The maximum absolute atomic E-state index is 12.8. The topological polar surface area (TPSA) is 121 Å². The molecule has 0 saturated carbocycles. The van der Waals surface area contributed by atoms with Gasteiger partial charge in [-0.2, -0.15) is 0 Å². The van der Waals surface area contributed by atoms with Gasteiger partial charge in [0.05, 0.1) is 10.8 Å². The summed E-state index contributed by atoms with van der Waals surface area (Å²) in [5.41, 5.74) is 3.35. The van der Waals surface area contributed by atoms with E-state index in [1.807, 2.05) is 32.0 Å². The van der Waals surface area contributed by atoms with Crippen LogP contribution in [0, 0.1) is 19.8 Å². The summed E-state index contributed by atoms with van der Waals surface area (Å²) < 4.78 is 27.3. The molecular formula is C23H23N5O4S. The van der Waals surface area contributed by atoms with Crippen LogP contribution in [0.25, 0.3) is 0 Å². The maximum Gasteiger partial charge on any atom is 0.264 e. The van der Waals surface area contributed by atoms with Gasteiger partial charge in [0.15, 0.2) is 0 Å². The van der Waals surface area contributed by atoms with E-state index < -0.39 is 15.9 Å². The molecule has 2 amide bonds. The zero-order chi connectivity index (χ0) is 23.6. The fourth-order valence-corrected chi connectivity index (χ4v) is 4.59. The highest BCUT2D eigenvalue weighted by atomic mass is 32.2. The normalized spacial score (nSPS) is 16.0. The van der Waals surface area contributed by atoms with Gasteiger partial charge in [-0.05, 0) is 61.4 Å². The zero-order valence-corrected chi connectivity index (χ0v) is 19.0. The smallest absolute Gasteiger partial charge is 0.264 e. The largest absolute Gasteiger partial charge is 0.326 e. The van der Waals surface area contributed by atoms with E-state index in [4.69, 9.17) is 0 Å². The second-order valence-corrected chi connectivity index (χ2v) is 9.50. The van der Waals surface area contributed by atoms with Gasteiger partial charge in [-0.15, -0.1) is 0 Å². The number of benzene rings is 2. The Kier molecular flexibility index (Phi) is 6.10. The SMILES string of the molecule is Cc1cccc(N2C[C@H](C(=O)Nc3ccc(S(=O)(=O)Nc4ncccn4)cc3)CC2=O)c1C. The molecule has 170 valence electrons. The number of hydrogen-bond donors (Lipinski definition) is 2. The summed E-state index contributed by atoms with van der Waals surface area (Å²) in [5, 5.41) is 2.77. The molecule has 1 atom stereocenters. The standard InChI is InChI=1S/C23H23N5O4S/c1-15-5-3-6-20(16(15)2)28-14-17(13-21(28)29)22(30)26-18-7-9-19(10-8-18)33(31,32)27-23-24-11-4-12-25-23/h3-12,17H,13-14H2,1-2H3,(H,26,30)(H,24,25,27)/t17-/m1/s1. The second kappa shape index (κ2) is 8.99. The van der Waals surface area contributed by atoms with Gasteiger partial charge in [0.2, 0.25) is 17.8 Å². The molecule has 0 bridgehead atoms. The summed E-state index contributed by atoms with van der Waals surface area (Å²) in [6, 6.07) is 13.1. The third-order valence-electron chi connectivity index (χ3n) is 5.59. The Bertz CT molecular complexity index is 1290. The van der Waals surface area contributed by atoms with Gasteiger partial charge in [0, 0.05) is 36.7 Å². The molecule has 1 aromatic heterocycles. The number of aromatic nitrogens is 2. The van der Waals surface area contributed by atoms with Gasteiger partial charge in [-0.3, -0.25) is 9.59 Å².